The van der Waals surface area contributed by atoms with Crippen molar-refractivity contribution in [1.82, 2.24) is 4.98 Å². The number of aromatic nitrogens is 1. The predicted molar refractivity (Wildman–Crippen MR) is 71.2 cm³/mol. The lowest BCUT2D eigenvalue weighted by molar-refractivity contribution is 1.18. The van der Waals surface area contributed by atoms with E-state index in [1.807, 2.05) is 11.8 Å². The van der Waals surface area contributed by atoms with Crippen LogP contribution in [0.15, 0.2) is 5.38 Å². The van der Waals surface area contributed by atoms with Crippen LogP contribution in [-0.2, 0) is 5.75 Å². The van der Waals surface area contributed by atoms with Crippen molar-refractivity contribution in [3.8, 4) is 0 Å². The number of rotatable bonds is 5. The fourth-order valence-corrected chi connectivity index (χ4v) is 5.28. The quantitative estimate of drug-likeness (QED) is 0.574. The molecule has 0 fully saturated rings. The van der Waals surface area contributed by atoms with Crippen molar-refractivity contribution < 1.29 is 0 Å². The fraction of sp³-hybridized carbons (Fsp3) is 0.700. The van der Waals surface area contributed by atoms with Crippen molar-refractivity contribution in [2.24, 2.45) is 0 Å². The summed E-state index contributed by atoms with van der Waals surface area (Å²) in [7, 11) is -0.829. The van der Waals surface area contributed by atoms with Gasteiger partial charge in [-0.25, -0.2) is 4.98 Å². The third kappa shape index (κ3) is 5.17. The number of aryl methyl sites for hydroxylation is 1. The standard InChI is InChI=1S/C10H19NS2Si/c1-9-11-10(8-13-9)7-12-5-6-14(2,3)4/h8H,5-7H2,1-4H3. The summed E-state index contributed by atoms with van der Waals surface area (Å²) in [5.74, 6) is 2.39. The fourth-order valence-electron chi connectivity index (χ4n) is 1.03. The molecule has 0 amide bonds. The first-order chi connectivity index (χ1) is 6.47. The van der Waals surface area contributed by atoms with Crippen molar-refractivity contribution in [2.75, 3.05) is 5.75 Å². The van der Waals surface area contributed by atoms with Gasteiger partial charge in [-0.05, 0) is 18.7 Å². The van der Waals surface area contributed by atoms with Gasteiger partial charge in [0.2, 0.25) is 0 Å². The summed E-state index contributed by atoms with van der Waals surface area (Å²) in [5.41, 5.74) is 1.26. The van der Waals surface area contributed by atoms with E-state index in [2.05, 4.69) is 36.9 Å². The van der Waals surface area contributed by atoms with Crippen LogP contribution in [0.5, 0.6) is 0 Å². The highest BCUT2D eigenvalue weighted by Gasteiger charge is 2.11. The first-order valence-electron chi connectivity index (χ1n) is 4.96. The van der Waals surface area contributed by atoms with E-state index in [0.29, 0.717) is 0 Å². The van der Waals surface area contributed by atoms with Gasteiger partial charge in [-0.2, -0.15) is 11.8 Å². The van der Waals surface area contributed by atoms with Crippen molar-refractivity contribution in [2.45, 2.75) is 38.4 Å². The minimum Gasteiger partial charge on any atom is -0.246 e. The molecule has 0 saturated heterocycles. The Morgan fingerprint density at radius 3 is 2.64 bits per heavy atom. The van der Waals surface area contributed by atoms with E-state index in [9.17, 15) is 0 Å². The van der Waals surface area contributed by atoms with Crippen LogP contribution in [-0.4, -0.2) is 18.8 Å². The second kappa shape index (κ2) is 5.33. The van der Waals surface area contributed by atoms with Gasteiger partial charge in [0.25, 0.3) is 0 Å². The molecule has 0 N–H and O–H groups in total. The Labute approximate surface area is 96.4 Å². The lowest BCUT2D eigenvalue weighted by atomic mass is 10.6. The highest BCUT2D eigenvalue weighted by atomic mass is 32.2. The number of hydrogen-bond donors (Lipinski definition) is 0. The molecule has 0 aliphatic rings. The van der Waals surface area contributed by atoms with E-state index >= 15 is 0 Å². The largest absolute Gasteiger partial charge is 0.246 e. The van der Waals surface area contributed by atoms with Crippen LogP contribution < -0.4 is 0 Å². The molecule has 0 radical (unpaired) electrons. The lowest BCUT2D eigenvalue weighted by Gasteiger charge is -2.14. The van der Waals surface area contributed by atoms with Gasteiger partial charge in [0.05, 0.1) is 10.7 Å². The zero-order valence-corrected chi connectivity index (χ0v) is 12.1. The summed E-state index contributed by atoms with van der Waals surface area (Å²) >= 11 is 3.78. The molecule has 0 aromatic carbocycles. The summed E-state index contributed by atoms with van der Waals surface area (Å²) in [6.07, 6.45) is 0. The zero-order valence-electron chi connectivity index (χ0n) is 9.46. The van der Waals surface area contributed by atoms with Gasteiger partial charge in [0, 0.05) is 19.2 Å². The molecule has 1 aromatic heterocycles. The highest BCUT2D eigenvalue weighted by Crippen LogP contribution is 2.18. The van der Waals surface area contributed by atoms with E-state index in [1.165, 1.54) is 22.5 Å². The molecule has 0 aliphatic heterocycles. The van der Waals surface area contributed by atoms with E-state index in [-0.39, 0.29) is 0 Å². The Morgan fingerprint density at radius 1 is 1.43 bits per heavy atom. The van der Waals surface area contributed by atoms with Crippen LogP contribution in [0.1, 0.15) is 10.7 Å². The summed E-state index contributed by atoms with van der Waals surface area (Å²) in [6, 6.07) is 1.42. The normalized spacial score (nSPS) is 12.0. The maximum atomic E-state index is 4.45. The first-order valence-corrected chi connectivity index (χ1v) is 10.7. The highest BCUT2D eigenvalue weighted by molar-refractivity contribution is 7.98. The summed E-state index contributed by atoms with van der Waals surface area (Å²) in [4.78, 5) is 4.45. The molecule has 1 nitrogen and oxygen atoms in total. The molecule has 80 valence electrons. The average Bonchev–Trinajstić information content (AvgIpc) is 2.44. The van der Waals surface area contributed by atoms with Gasteiger partial charge in [0.15, 0.2) is 0 Å². The third-order valence-corrected chi connectivity index (χ3v) is 5.84. The molecular formula is C10H19NS2Si. The lowest BCUT2D eigenvalue weighted by Crippen LogP contribution is -2.19. The minimum absolute atomic E-state index is 0.829. The Balaban J connectivity index is 2.16. The molecule has 1 aromatic rings. The van der Waals surface area contributed by atoms with Gasteiger partial charge < -0.3 is 0 Å². The molecule has 14 heavy (non-hydrogen) atoms. The van der Waals surface area contributed by atoms with E-state index in [4.69, 9.17) is 0 Å². The van der Waals surface area contributed by atoms with Gasteiger partial charge in [-0.1, -0.05) is 19.6 Å². The van der Waals surface area contributed by atoms with Crippen LogP contribution in [0.2, 0.25) is 25.7 Å². The zero-order chi connectivity index (χ0) is 10.6. The molecule has 0 atom stereocenters. The van der Waals surface area contributed by atoms with Crippen LogP contribution in [0.4, 0.5) is 0 Å². The van der Waals surface area contributed by atoms with Crippen molar-refractivity contribution in [1.29, 1.82) is 0 Å². The van der Waals surface area contributed by atoms with E-state index in [0.717, 1.165) is 5.75 Å². The molecule has 1 heterocycles. The molecule has 0 aliphatic carbocycles. The van der Waals surface area contributed by atoms with E-state index < -0.39 is 8.07 Å². The minimum atomic E-state index is -0.829. The second-order valence-corrected chi connectivity index (χ2v) is 12.5. The number of thiazole rings is 1. The third-order valence-electron chi connectivity index (χ3n) is 1.91. The SMILES string of the molecule is Cc1nc(CSCC[Si](C)(C)C)cs1. The summed E-state index contributed by atoms with van der Waals surface area (Å²) in [6.45, 7) is 9.36. The molecule has 1 rings (SSSR count). The Morgan fingerprint density at radius 2 is 2.14 bits per heavy atom. The van der Waals surface area contributed by atoms with Crippen LogP contribution >= 0.6 is 23.1 Å². The molecule has 4 heteroatoms. The topological polar surface area (TPSA) is 12.9 Å². The van der Waals surface area contributed by atoms with Crippen molar-refractivity contribution in [3.05, 3.63) is 16.1 Å². The number of hydrogen-bond acceptors (Lipinski definition) is 3. The van der Waals surface area contributed by atoms with Crippen LogP contribution in [0.3, 0.4) is 0 Å². The van der Waals surface area contributed by atoms with E-state index in [1.54, 1.807) is 11.3 Å². The monoisotopic (exact) mass is 245 g/mol. The van der Waals surface area contributed by atoms with Crippen molar-refractivity contribution >= 4 is 31.2 Å². The Kier molecular flexibility index (Phi) is 4.67. The Hall–Kier alpha value is 0.197. The summed E-state index contributed by atoms with van der Waals surface area (Å²) < 4.78 is 0. The molecule has 0 unspecified atom stereocenters. The maximum Gasteiger partial charge on any atom is 0.0897 e. The number of thioether (sulfide) groups is 1. The second-order valence-electron chi connectivity index (χ2n) is 4.72. The molecule has 0 bridgehead atoms. The number of nitrogens with zero attached hydrogens (tertiary/aromatic N) is 1. The maximum absolute atomic E-state index is 4.45. The first kappa shape index (κ1) is 12.3. The van der Waals surface area contributed by atoms with Crippen LogP contribution in [0.25, 0.3) is 0 Å². The molecule has 0 saturated carbocycles. The molecule has 0 spiro atoms. The smallest absolute Gasteiger partial charge is 0.0897 e. The van der Waals surface area contributed by atoms with Gasteiger partial charge in [0.1, 0.15) is 0 Å². The average molecular weight is 245 g/mol. The van der Waals surface area contributed by atoms with Gasteiger partial charge >= 0.3 is 0 Å². The van der Waals surface area contributed by atoms with Gasteiger partial charge in [-0.3, -0.25) is 0 Å². The van der Waals surface area contributed by atoms with Gasteiger partial charge in [-0.15, -0.1) is 11.3 Å². The predicted octanol–water partition coefficient (Wildman–Crippen LogP) is 4.02. The molecular weight excluding hydrogens is 226 g/mol. The summed E-state index contributed by atoms with van der Waals surface area (Å²) in [5, 5.41) is 3.36. The Bertz CT molecular complexity index is 278. The van der Waals surface area contributed by atoms with Crippen LogP contribution in [0, 0.1) is 6.92 Å². The van der Waals surface area contributed by atoms with Crippen molar-refractivity contribution in [3.63, 3.8) is 0 Å².